The van der Waals surface area contributed by atoms with Gasteiger partial charge >= 0.3 is 5.97 Å². The molecule has 0 aliphatic carbocycles. The minimum atomic E-state index is -1.13. The lowest BCUT2D eigenvalue weighted by Crippen LogP contribution is -2.60. The molecule has 0 radical (unpaired) electrons. The summed E-state index contributed by atoms with van der Waals surface area (Å²) in [6, 6.07) is -1.47. The first-order valence-corrected chi connectivity index (χ1v) is 13.5. The average molecular weight is 505 g/mol. The number of carbonyl (C=O) groups excluding carboxylic acids is 3. The first-order valence-electron chi connectivity index (χ1n) is 13.5. The Morgan fingerprint density at radius 1 is 1.28 bits per heavy atom. The molecule has 3 saturated heterocycles. The summed E-state index contributed by atoms with van der Waals surface area (Å²) in [4.78, 5) is 45.0. The number of carbonyl (C=O) groups is 3. The Morgan fingerprint density at radius 3 is 2.58 bits per heavy atom. The normalized spacial score (nSPS) is 32.2. The van der Waals surface area contributed by atoms with E-state index in [0.29, 0.717) is 25.9 Å². The van der Waals surface area contributed by atoms with Gasteiger partial charge in [0.05, 0.1) is 24.2 Å². The monoisotopic (exact) mass is 504 g/mol. The van der Waals surface area contributed by atoms with Crippen LogP contribution in [0.2, 0.25) is 0 Å². The lowest BCUT2D eigenvalue weighted by molar-refractivity contribution is -0.162. The van der Waals surface area contributed by atoms with Gasteiger partial charge in [0.2, 0.25) is 11.8 Å². The standard InChI is InChI=1S/C28H44N2O6/c1-7-11-12-16-29(15-8-2)25(33)23-28-14-13-27(6,36-28)22(26(34)35-17-9-3)21(28)24(32)30(23)20(18-31)19(5)10-4/h8-9,19-23,31H,2-3,7,10-18H2,1,4-6H3/t19-,20-,21-,22+,23?,27-,28?/m0/s1. The van der Waals surface area contributed by atoms with Crippen molar-refractivity contribution in [3.8, 4) is 0 Å². The van der Waals surface area contributed by atoms with E-state index < -0.39 is 41.1 Å². The second-order valence-corrected chi connectivity index (χ2v) is 10.8. The number of nitrogens with zero attached hydrogens (tertiary/aromatic N) is 2. The fourth-order valence-corrected chi connectivity index (χ4v) is 6.58. The Hall–Kier alpha value is -2.19. The minimum absolute atomic E-state index is 0.0437. The molecule has 7 atom stereocenters. The van der Waals surface area contributed by atoms with E-state index in [-0.39, 0.29) is 30.9 Å². The second-order valence-electron chi connectivity index (χ2n) is 10.8. The molecular formula is C28H44N2O6. The third-order valence-electron chi connectivity index (χ3n) is 8.58. The molecule has 2 amide bonds. The number of hydrogen-bond acceptors (Lipinski definition) is 6. The van der Waals surface area contributed by atoms with Gasteiger partial charge in [-0.15, -0.1) is 6.58 Å². The van der Waals surface area contributed by atoms with Crippen LogP contribution >= 0.6 is 0 Å². The highest BCUT2D eigenvalue weighted by Crippen LogP contribution is 2.64. The van der Waals surface area contributed by atoms with E-state index in [9.17, 15) is 19.5 Å². The molecule has 202 valence electrons. The highest BCUT2D eigenvalue weighted by atomic mass is 16.6. The summed E-state index contributed by atoms with van der Waals surface area (Å²) in [5.41, 5.74) is -2.02. The molecular weight excluding hydrogens is 460 g/mol. The largest absolute Gasteiger partial charge is 0.461 e. The summed E-state index contributed by atoms with van der Waals surface area (Å²) >= 11 is 0. The van der Waals surface area contributed by atoms with Crippen LogP contribution in [0.4, 0.5) is 0 Å². The Kier molecular flexibility index (Phi) is 9.04. The highest BCUT2D eigenvalue weighted by Gasteiger charge is 2.79. The van der Waals surface area contributed by atoms with Gasteiger partial charge in [-0.3, -0.25) is 14.4 Å². The van der Waals surface area contributed by atoms with Crippen molar-refractivity contribution in [3.05, 3.63) is 25.3 Å². The van der Waals surface area contributed by atoms with E-state index >= 15 is 0 Å². The lowest BCUT2D eigenvalue weighted by Gasteiger charge is -2.41. The van der Waals surface area contributed by atoms with Crippen LogP contribution in [-0.2, 0) is 23.9 Å². The number of esters is 1. The van der Waals surface area contributed by atoms with Crippen molar-refractivity contribution in [3.63, 3.8) is 0 Å². The molecule has 1 spiro atoms. The SMILES string of the molecule is C=CCOC(=O)[C@H]1[C@H]2C(=O)N([C@@H](CO)[C@@H](C)CC)C(C(=O)N(CC=C)CCCCC)C23CC[C@]1(C)O3. The quantitative estimate of drug-likeness (QED) is 0.222. The van der Waals surface area contributed by atoms with Crippen molar-refractivity contribution < 1.29 is 29.0 Å². The second kappa shape index (κ2) is 11.5. The molecule has 8 nitrogen and oxygen atoms in total. The zero-order valence-corrected chi connectivity index (χ0v) is 22.4. The highest BCUT2D eigenvalue weighted by molar-refractivity contribution is 5.98. The number of unbranched alkanes of at least 4 members (excludes halogenated alkanes) is 2. The van der Waals surface area contributed by atoms with Crippen LogP contribution in [0.25, 0.3) is 0 Å². The van der Waals surface area contributed by atoms with E-state index in [1.165, 1.54) is 6.08 Å². The fraction of sp³-hybridized carbons (Fsp3) is 0.750. The predicted octanol–water partition coefficient (Wildman–Crippen LogP) is 3.09. The molecule has 3 fully saturated rings. The van der Waals surface area contributed by atoms with Gasteiger partial charge in [-0.05, 0) is 32.1 Å². The maximum atomic E-state index is 14.3. The van der Waals surface area contributed by atoms with Gasteiger partial charge in [0, 0.05) is 13.1 Å². The molecule has 3 heterocycles. The van der Waals surface area contributed by atoms with Gasteiger partial charge < -0.3 is 24.4 Å². The molecule has 3 aliphatic rings. The van der Waals surface area contributed by atoms with Crippen molar-refractivity contribution >= 4 is 17.8 Å². The molecule has 0 saturated carbocycles. The number of ether oxygens (including phenoxy) is 2. The number of aliphatic hydroxyl groups is 1. The van der Waals surface area contributed by atoms with Crippen LogP contribution in [0.15, 0.2) is 25.3 Å². The smallest absolute Gasteiger partial charge is 0.313 e. The van der Waals surface area contributed by atoms with Crippen molar-refractivity contribution in [1.29, 1.82) is 0 Å². The topological polar surface area (TPSA) is 96.4 Å². The van der Waals surface area contributed by atoms with E-state index in [4.69, 9.17) is 9.47 Å². The lowest BCUT2D eigenvalue weighted by atomic mass is 9.66. The van der Waals surface area contributed by atoms with Gasteiger partial charge in [0.1, 0.15) is 24.2 Å². The Balaban J connectivity index is 2.10. The van der Waals surface area contributed by atoms with E-state index in [0.717, 1.165) is 25.7 Å². The van der Waals surface area contributed by atoms with E-state index in [2.05, 4.69) is 20.1 Å². The summed E-state index contributed by atoms with van der Waals surface area (Å²) < 4.78 is 12.1. The number of amides is 2. The first-order chi connectivity index (χ1) is 17.2. The maximum absolute atomic E-state index is 14.3. The summed E-state index contributed by atoms with van der Waals surface area (Å²) in [5.74, 6) is -2.70. The summed E-state index contributed by atoms with van der Waals surface area (Å²) in [6.45, 7) is 16.1. The van der Waals surface area contributed by atoms with Gasteiger partial charge in [0.15, 0.2) is 0 Å². The van der Waals surface area contributed by atoms with E-state index in [1.54, 1.807) is 15.9 Å². The van der Waals surface area contributed by atoms with Gasteiger partial charge in [-0.1, -0.05) is 58.8 Å². The number of fused-ring (bicyclic) bond motifs is 1. The summed E-state index contributed by atoms with van der Waals surface area (Å²) in [7, 11) is 0. The molecule has 2 bridgehead atoms. The molecule has 3 rings (SSSR count). The van der Waals surface area contributed by atoms with Crippen LogP contribution in [0.3, 0.4) is 0 Å². The molecule has 2 unspecified atom stereocenters. The Bertz CT molecular complexity index is 861. The summed E-state index contributed by atoms with van der Waals surface area (Å²) in [6.07, 6.45) is 7.81. The molecule has 1 N–H and O–H groups in total. The van der Waals surface area contributed by atoms with Crippen molar-refractivity contribution in [2.24, 2.45) is 17.8 Å². The van der Waals surface area contributed by atoms with Crippen LogP contribution < -0.4 is 0 Å². The van der Waals surface area contributed by atoms with Crippen LogP contribution in [0.1, 0.15) is 66.2 Å². The molecule has 36 heavy (non-hydrogen) atoms. The summed E-state index contributed by atoms with van der Waals surface area (Å²) in [5, 5.41) is 10.4. The first kappa shape index (κ1) is 28.4. The number of rotatable bonds is 14. The van der Waals surface area contributed by atoms with Gasteiger partial charge in [-0.25, -0.2) is 0 Å². The van der Waals surface area contributed by atoms with Crippen LogP contribution in [0, 0.1) is 17.8 Å². The fourth-order valence-electron chi connectivity index (χ4n) is 6.58. The predicted molar refractivity (Wildman–Crippen MR) is 137 cm³/mol. The van der Waals surface area contributed by atoms with E-state index in [1.807, 2.05) is 20.8 Å². The number of likely N-dealkylation sites (tertiary alicyclic amines) is 1. The molecule has 0 aromatic heterocycles. The van der Waals surface area contributed by atoms with Gasteiger partial charge in [0.25, 0.3) is 0 Å². The number of hydrogen-bond donors (Lipinski definition) is 1. The van der Waals surface area contributed by atoms with Gasteiger partial charge in [-0.2, -0.15) is 0 Å². The van der Waals surface area contributed by atoms with Crippen molar-refractivity contribution in [2.45, 2.75) is 89.5 Å². The zero-order valence-electron chi connectivity index (χ0n) is 22.4. The average Bonchev–Trinajstić information content (AvgIpc) is 3.43. The third kappa shape index (κ3) is 4.62. The van der Waals surface area contributed by atoms with Crippen LogP contribution in [0.5, 0.6) is 0 Å². The third-order valence-corrected chi connectivity index (χ3v) is 8.58. The van der Waals surface area contributed by atoms with Crippen molar-refractivity contribution in [2.75, 3.05) is 26.3 Å². The maximum Gasteiger partial charge on any atom is 0.313 e. The van der Waals surface area contributed by atoms with Crippen LogP contribution in [-0.4, -0.2) is 82.3 Å². The molecule has 0 aromatic rings. The molecule has 3 aliphatic heterocycles. The number of aliphatic hydroxyl groups excluding tert-OH is 1. The molecule has 0 aromatic carbocycles. The minimum Gasteiger partial charge on any atom is -0.461 e. The van der Waals surface area contributed by atoms with Crippen molar-refractivity contribution in [1.82, 2.24) is 9.80 Å². The Labute approximate surface area is 215 Å². The Morgan fingerprint density at radius 2 is 2.00 bits per heavy atom. The zero-order chi connectivity index (χ0) is 26.7. The molecule has 8 heteroatoms.